The van der Waals surface area contributed by atoms with Crippen molar-refractivity contribution in [3.05, 3.63) is 64.1 Å². The summed E-state index contributed by atoms with van der Waals surface area (Å²) in [6.07, 6.45) is 4.59. The highest BCUT2D eigenvalue weighted by Crippen LogP contribution is 2.36. The zero-order valence-corrected chi connectivity index (χ0v) is 17.1. The first-order valence-electron chi connectivity index (χ1n) is 10.7. The lowest BCUT2D eigenvalue weighted by atomic mass is 10.1. The minimum absolute atomic E-state index is 0.0355. The smallest absolute Gasteiger partial charge is 0.261 e. The summed E-state index contributed by atoms with van der Waals surface area (Å²) in [6, 6.07) is 10.8. The number of hydrogen-bond donors (Lipinski definition) is 1. The Bertz CT molecular complexity index is 1190. The predicted octanol–water partition coefficient (Wildman–Crippen LogP) is 2.79. The number of nitriles is 1. The van der Waals surface area contributed by atoms with Gasteiger partial charge in [-0.1, -0.05) is 6.07 Å². The molecule has 31 heavy (non-hydrogen) atoms. The van der Waals surface area contributed by atoms with Crippen molar-refractivity contribution in [1.82, 2.24) is 19.9 Å². The van der Waals surface area contributed by atoms with Gasteiger partial charge in [0.05, 0.1) is 11.1 Å². The second-order valence-corrected chi connectivity index (χ2v) is 8.29. The minimum Gasteiger partial charge on any atom is -0.354 e. The quantitative estimate of drug-likeness (QED) is 0.704. The third-order valence-electron chi connectivity index (χ3n) is 6.52. The van der Waals surface area contributed by atoms with Crippen molar-refractivity contribution in [2.75, 3.05) is 31.1 Å². The molecular weight excluding hydrogens is 395 g/mol. The number of aromatic nitrogens is 3. The van der Waals surface area contributed by atoms with Crippen LogP contribution in [0.4, 0.5) is 10.2 Å². The molecule has 2 atom stereocenters. The van der Waals surface area contributed by atoms with Crippen LogP contribution in [-0.2, 0) is 0 Å². The summed E-state index contributed by atoms with van der Waals surface area (Å²) >= 11 is 0. The van der Waals surface area contributed by atoms with E-state index in [0.29, 0.717) is 22.9 Å². The van der Waals surface area contributed by atoms with E-state index in [1.165, 1.54) is 6.07 Å². The van der Waals surface area contributed by atoms with E-state index >= 15 is 0 Å². The maximum atomic E-state index is 14.0. The highest BCUT2D eigenvalue weighted by atomic mass is 19.1. The van der Waals surface area contributed by atoms with Crippen molar-refractivity contribution in [1.29, 1.82) is 5.26 Å². The number of fused-ring (bicyclic) bond motifs is 1. The second-order valence-electron chi connectivity index (χ2n) is 8.29. The van der Waals surface area contributed by atoms with Gasteiger partial charge in [-0.15, -0.1) is 0 Å². The fourth-order valence-corrected chi connectivity index (χ4v) is 4.85. The maximum absolute atomic E-state index is 14.0. The molecule has 158 valence electrons. The Labute approximate surface area is 179 Å². The number of nitrogens with one attached hydrogen (secondary N) is 1. The molecule has 2 fully saturated rings. The van der Waals surface area contributed by atoms with Gasteiger partial charge in [0.1, 0.15) is 28.9 Å². The van der Waals surface area contributed by atoms with Crippen LogP contribution in [0.3, 0.4) is 0 Å². The van der Waals surface area contributed by atoms with Crippen LogP contribution in [0.15, 0.2) is 41.3 Å². The first kappa shape index (κ1) is 19.6. The number of H-pyrrole nitrogens is 1. The van der Waals surface area contributed by atoms with Crippen LogP contribution >= 0.6 is 0 Å². The van der Waals surface area contributed by atoms with Gasteiger partial charge in [0.2, 0.25) is 0 Å². The molecule has 0 spiro atoms. The number of nitrogens with zero attached hydrogens (tertiary/aromatic N) is 5. The molecule has 0 unspecified atom stereocenters. The van der Waals surface area contributed by atoms with E-state index in [4.69, 9.17) is 5.26 Å². The molecule has 1 N–H and O–H groups in total. The molecule has 2 aliphatic rings. The normalized spacial score (nSPS) is 22.0. The van der Waals surface area contributed by atoms with Gasteiger partial charge in [0, 0.05) is 44.3 Å². The zero-order chi connectivity index (χ0) is 21.4. The molecule has 1 saturated carbocycles. The number of hydrogen-bond acceptors (Lipinski definition) is 6. The Morgan fingerprint density at radius 2 is 1.97 bits per heavy atom. The van der Waals surface area contributed by atoms with Crippen molar-refractivity contribution < 1.29 is 4.39 Å². The van der Waals surface area contributed by atoms with E-state index in [-0.39, 0.29) is 11.3 Å². The Morgan fingerprint density at radius 3 is 2.71 bits per heavy atom. The number of pyridine rings is 1. The van der Waals surface area contributed by atoms with Gasteiger partial charge >= 0.3 is 0 Å². The monoisotopic (exact) mass is 418 g/mol. The summed E-state index contributed by atoms with van der Waals surface area (Å²) in [4.78, 5) is 29.0. The number of piperazine rings is 1. The number of aromatic amines is 1. The lowest BCUT2D eigenvalue weighted by Crippen LogP contribution is -2.50. The summed E-state index contributed by atoms with van der Waals surface area (Å²) in [6.45, 7) is 3.69. The van der Waals surface area contributed by atoms with E-state index < -0.39 is 11.4 Å². The Morgan fingerprint density at radius 1 is 1.13 bits per heavy atom. The minimum atomic E-state index is -0.531. The molecule has 1 saturated heterocycles. The Hall–Kier alpha value is -3.31. The van der Waals surface area contributed by atoms with Gasteiger partial charge in [-0.3, -0.25) is 9.69 Å². The fourth-order valence-electron chi connectivity index (χ4n) is 4.85. The zero-order valence-electron chi connectivity index (χ0n) is 17.1. The lowest BCUT2D eigenvalue weighted by Gasteiger charge is -2.38. The van der Waals surface area contributed by atoms with Crippen LogP contribution in [0.1, 0.15) is 36.6 Å². The molecule has 0 bridgehead atoms. The van der Waals surface area contributed by atoms with E-state index in [1.54, 1.807) is 24.4 Å². The summed E-state index contributed by atoms with van der Waals surface area (Å²) < 4.78 is 14.0. The van der Waals surface area contributed by atoms with Crippen LogP contribution in [0.25, 0.3) is 10.9 Å². The van der Waals surface area contributed by atoms with Crippen molar-refractivity contribution in [3.63, 3.8) is 0 Å². The van der Waals surface area contributed by atoms with Crippen LogP contribution in [-0.4, -0.2) is 52.1 Å². The highest BCUT2D eigenvalue weighted by Gasteiger charge is 2.33. The van der Waals surface area contributed by atoms with Crippen molar-refractivity contribution in [2.45, 2.75) is 31.2 Å². The van der Waals surface area contributed by atoms with Gasteiger partial charge in [-0.2, -0.15) is 5.26 Å². The molecule has 3 heterocycles. The van der Waals surface area contributed by atoms with E-state index in [0.717, 1.165) is 51.3 Å². The third-order valence-corrected chi connectivity index (χ3v) is 6.52. The average molecular weight is 418 g/mol. The van der Waals surface area contributed by atoms with Crippen LogP contribution in [0.2, 0.25) is 0 Å². The van der Waals surface area contributed by atoms with Crippen molar-refractivity contribution in [2.24, 2.45) is 0 Å². The SMILES string of the molecule is N#Cc1ccc(N2CCN([C@@H]3CC[C@@H](c4nc5cccc(F)c5c(=O)[nH]4)C3)CC2)nc1. The largest absolute Gasteiger partial charge is 0.354 e. The molecule has 1 aliphatic carbocycles. The van der Waals surface area contributed by atoms with Gasteiger partial charge in [-0.25, -0.2) is 14.4 Å². The number of anilines is 1. The molecule has 5 rings (SSSR count). The lowest BCUT2D eigenvalue weighted by molar-refractivity contribution is 0.185. The van der Waals surface area contributed by atoms with Gasteiger partial charge in [0.15, 0.2) is 0 Å². The van der Waals surface area contributed by atoms with Crippen LogP contribution < -0.4 is 10.5 Å². The molecule has 0 radical (unpaired) electrons. The number of benzene rings is 1. The van der Waals surface area contributed by atoms with Crippen LogP contribution in [0, 0.1) is 17.1 Å². The summed E-state index contributed by atoms with van der Waals surface area (Å²) in [5.74, 6) is 1.24. The first-order valence-corrected chi connectivity index (χ1v) is 10.7. The molecule has 8 heteroatoms. The van der Waals surface area contributed by atoms with Gasteiger partial charge < -0.3 is 9.88 Å². The van der Waals surface area contributed by atoms with Gasteiger partial charge in [0.25, 0.3) is 5.56 Å². The van der Waals surface area contributed by atoms with E-state index in [1.807, 2.05) is 6.07 Å². The van der Waals surface area contributed by atoms with E-state index in [2.05, 4.69) is 30.8 Å². The Kier molecular flexibility index (Phi) is 5.12. The fraction of sp³-hybridized carbons (Fsp3) is 0.391. The molecule has 3 aromatic rings. The third kappa shape index (κ3) is 3.77. The molecule has 2 aromatic heterocycles. The topological polar surface area (TPSA) is 88.9 Å². The molecule has 0 amide bonds. The standard InChI is InChI=1S/C23H23FN6O/c24-18-2-1-3-19-21(18)23(31)28-22(27-19)16-5-6-17(12-16)29-8-10-30(11-9-29)20-7-4-15(13-25)14-26-20/h1-4,7,14,16-17H,5-6,8-12H2,(H,27,28,31)/t16-,17-/m1/s1. The molecule has 7 nitrogen and oxygen atoms in total. The maximum Gasteiger partial charge on any atom is 0.261 e. The first-order chi connectivity index (χ1) is 15.1. The summed E-state index contributed by atoms with van der Waals surface area (Å²) in [5.41, 5.74) is 0.596. The van der Waals surface area contributed by atoms with Crippen molar-refractivity contribution in [3.8, 4) is 6.07 Å². The van der Waals surface area contributed by atoms with Crippen molar-refractivity contribution >= 4 is 16.7 Å². The molecule has 1 aliphatic heterocycles. The predicted molar refractivity (Wildman–Crippen MR) is 115 cm³/mol. The number of halogens is 1. The average Bonchev–Trinajstić information content (AvgIpc) is 3.29. The van der Waals surface area contributed by atoms with E-state index in [9.17, 15) is 9.18 Å². The summed E-state index contributed by atoms with van der Waals surface area (Å²) in [5, 5.41) is 8.96. The molecular formula is C23H23FN6O. The molecule has 1 aromatic carbocycles. The van der Waals surface area contributed by atoms with Crippen LogP contribution in [0.5, 0.6) is 0 Å². The second kappa shape index (κ2) is 8.08. The highest BCUT2D eigenvalue weighted by molar-refractivity contribution is 5.78. The summed E-state index contributed by atoms with van der Waals surface area (Å²) in [7, 11) is 0. The van der Waals surface area contributed by atoms with Gasteiger partial charge in [-0.05, 0) is 43.5 Å². The number of rotatable bonds is 3. The Balaban J connectivity index is 1.24.